The average molecular weight is 290 g/mol. The van der Waals surface area contributed by atoms with Gasteiger partial charge in [0.05, 0.1) is 6.54 Å². The van der Waals surface area contributed by atoms with Gasteiger partial charge in [-0.2, -0.15) is 0 Å². The zero-order chi connectivity index (χ0) is 14.2. The van der Waals surface area contributed by atoms with Crippen molar-refractivity contribution in [3.8, 4) is 0 Å². The molecule has 0 unspecified atom stereocenters. The third kappa shape index (κ3) is 4.73. The van der Waals surface area contributed by atoms with Crippen molar-refractivity contribution < 1.29 is 4.79 Å². The molecule has 1 aromatic heterocycles. The van der Waals surface area contributed by atoms with Gasteiger partial charge in [-0.25, -0.2) is 4.98 Å². The highest BCUT2D eigenvalue weighted by Crippen LogP contribution is 2.10. The zero-order valence-electron chi connectivity index (χ0n) is 11.2. The summed E-state index contributed by atoms with van der Waals surface area (Å²) < 4.78 is 0. The van der Waals surface area contributed by atoms with E-state index in [-0.39, 0.29) is 5.91 Å². The van der Waals surface area contributed by atoms with Gasteiger partial charge >= 0.3 is 0 Å². The number of nitrogens with zero attached hydrogens (tertiary/aromatic N) is 2. The van der Waals surface area contributed by atoms with Gasteiger partial charge in [0.1, 0.15) is 0 Å². The van der Waals surface area contributed by atoms with E-state index in [9.17, 15) is 4.79 Å². The molecule has 0 bridgehead atoms. The number of carbonyl (C=O) groups is 1. The Bertz CT molecular complexity index is 515. The smallest absolute Gasteiger partial charge is 0.240 e. The van der Waals surface area contributed by atoms with E-state index < -0.39 is 0 Å². The third-order valence-electron chi connectivity index (χ3n) is 2.74. The minimum absolute atomic E-state index is 0.0654. The number of rotatable bonds is 7. The van der Waals surface area contributed by atoms with E-state index in [4.69, 9.17) is 5.73 Å². The number of nitrogens with one attached hydrogen (secondary N) is 1. The zero-order valence-corrected chi connectivity index (χ0v) is 12.0. The summed E-state index contributed by atoms with van der Waals surface area (Å²) in [5.41, 5.74) is 6.78. The largest absolute Gasteiger partial charge is 0.329 e. The Balaban J connectivity index is 1.89. The normalized spacial score (nSPS) is 10.7. The first-order valence-electron chi connectivity index (χ1n) is 6.43. The van der Waals surface area contributed by atoms with Crippen molar-refractivity contribution >= 4 is 22.4 Å². The highest BCUT2D eigenvalue weighted by Gasteiger charge is 2.11. The number of nitrogens with two attached hydrogens (primary N) is 1. The Hall–Kier alpha value is -1.76. The molecule has 0 saturated carbocycles. The number of hydrogen-bond donors (Lipinski definition) is 2. The number of amides is 1. The summed E-state index contributed by atoms with van der Waals surface area (Å²) in [5, 5.41) is 5.24. The molecule has 5 nitrogen and oxygen atoms in total. The fourth-order valence-corrected chi connectivity index (χ4v) is 2.43. The van der Waals surface area contributed by atoms with E-state index in [1.165, 1.54) is 16.9 Å². The van der Waals surface area contributed by atoms with Gasteiger partial charge in [0.15, 0.2) is 5.13 Å². The molecular formula is C14H18N4OS. The summed E-state index contributed by atoms with van der Waals surface area (Å²) in [6.07, 6.45) is 1.67. The molecule has 0 spiro atoms. The van der Waals surface area contributed by atoms with Crippen LogP contribution in [-0.2, 0) is 11.3 Å². The van der Waals surface area contributed by atoms with Gasteiger partial charge < -0.3 is 11.1 Å². The van der Waals surface area contributed by atoms with Crippen molar-refractivity contribution in [1.82, 2.24) is 9.88 Å². The Morgan fingerprint density at radius 3 is 2.80 bits per heavy atom. The molecule has 20 heavy (non-hydrogen) atoms. The minimum atomic E-state index is -0.0654. The van der Waals surface area contributed by atoms with Gasteiger partial charge in [0.2, 0.25) is 5.91 Å². The predicted molar refractivity (Wildman–Crippen MR) is 81.5 cm³/mol. The molecule has 0 fully saturated rings. The second kappa shape index (κ2) is 7.74. The maximum Gasteiger partial charge on any atom is 0.240 e. The van der Waals surface area contributed by atoms with Gasteiger partial charge in [-0.3, -0.25) is 9.69 Å². The van der Waals surface area contributed by atoms with Gasteiger partial charge in [-0.15, -0.1) is 11.3 Å². The first kappa shape index (κ1) is 14.6. The number of carbonyl (C=O) groups excluding carboxylic acids is 1. The summed E-state index contributed by atoms with van der Waals surface area (Å²) >= 11 is 1.41. The van der Waals surface area contributed by atoms with E-state index in [0.29, 0.717) is 31.3 Å². The molecule has 106 valence electrons. The minimum Gasteiger partial charge on any atom is -0.329 e. The van der Waals surface area contributed by atoms with Crippen LogP contribution in [0.15, 0.2) is 41.9 Å². The number of aromatic nitrogens is 1. The number of thiazole rings is 1. The van der Waals surface area contributed by atoms with E-state index >= 15 is 0 Å². The fraction of sp³-hybridized carbons (Fsp3) is 0.286. The first-order chi connectivity index (χ1) is 9.78. The molecule has 0 aliphatic carbocycles. The predicted octanol–water partition coefficient (Wildman–Crippen LogP) is 1.54. The van der Waals surface area contributed by atoms with E-state index in [1.54, 1.807) is 6.20 Å². The van der Waals surface area contributed by atoms with E-state index in [2.05, 4.69) is 10.3 Å². The molecule has 2 rings (SSSR count). The lowest BCUT2D eigenvalue weighted by atomic mass is 10.2. The highest BCUT2D eigenvalue weighted by atomic mass is 32.1. The van der Waals surface area contributed by atoms with Crippen LogP contribution < -0.4 is 11.1 Å². The van der Waals surface area contributed by atoms with Gasteiger partial charge in [0, 0.05) is 31.2 Å². The summed E-state index contributed by atoms with van der Waals surface area (Å²) in [7, 11) is 0. The summed E-state index contributed by atoms with van der Waals surface area (Å²) in [5.74, 6) is -0.0654. The van der Waals surface area contributed by atoms with E-state index in [1.807, 2.05) is 40.6 Å². The molecule has 1 heterocycles. The highest BCUT2D eigenvalue weighted by molar-refractivity contribution is 7.13. The topological polar surface area (TPSA) is 71.2 Å². The average Bonchev–Trinajstić information content (AvgIpc) is 2.93. The molecule has 2 aromatic rings. The number of hydrogen-bond acceptors (Lipinski definition) is 5. The molecule has 0 aliphatic rings. The van der Waals surface area contributed by atoms with Crippen LogP contribution in [-0.4, -0.2) is 35.4 Å². The lowest BCUT2D eigenvalue weighted by molar-refractivity contribution is -0.117. The molecule has 0 atom stereocenters. The van der Waals surface area contributed by atoms with Crippen LogP contribution in [0, 0.1) is 0 Å². The van der Waals surface area contributed by atoms with Crippen molar-refractivity contribution in [2.75, 3.05) is 25.0 Å². The van der Waals surface area contributed by atoms with Crippen molar-refractivity contribution in [3.05, 3.63) is 47.5 Å². The van der Waals surface area contributed by atoms with E-state index in [0.717, 1.165) is 0 Å². The number of anilines is 1. The molecule has 0 aliphatic heterocycles. The molecule has 0 saturated heterocycles. The van der Waals surface area contributed by atoms with Crippen LogP contribution in [0.3, 0.4) is 0 Å². The quantitative estimate of drug-likeness (QED) is 0.811. The van der Waals surface area contributed by atoms with Crippen LogP contribution in [0.2, 0.25) is 0 Å². The molecule has 0 radical (unpaired) electrons. The van der Waals surface area contributed by atoms with Crippen LogP contribution in [0.5, 0.6) is 0 Å². The van der Waals surface area contributed by atoms with Crippen LogP contribution in [0.4, 0.5) is 5.13 Å². The monoisotopic (exact) mass is 290 g/mol. The van der Waals surface area contributed by atoms with Gasteiger partial charge in [0.25, 0.3) is 0 Å². The maximum absolute atomic E-state index is 12.0. The Labute approximate surface area is 122 Å². The Morgan fingerprint density at radius 2 is 2.15 bits per heavy atom. The van der Waals surface area contributed by atoms with Crippen LogP contribution in [0.25, 0.3) is 0 Å². The summed E-state index contributed by atoms with van der Waals surface area (Å²) in [6.45, 7) is 2.23. The maximum atomic E-state index is 12.0. The van der Waals surface area contributed by atoms with Crippen LogP contribution >= 0.6 is 11.3 Å². The molecule has 1 aromatic carbocycles. The Morgan fingerprint density at radius 1 is 1.35 bits per heavy atom. The van der Waals surface area contributed by atoms with Crippen molar-refractivity contribution in [2.45, 2.75) is 6.54 Å². The lowest BCUT2D eigenvalue weighted by Crippen LogP contribution is -2.36. The second-order valence-electron chi connectivity index (χ2n) is 4.37. The second-order valence-corrected chi connectivity index (χ2v) is 5.26. The summed E-state index contributed by atoms with van der Waals surface area (Å²) in [4.78, 5) is 18.0. The Kier molecular flexibility index (Phi) is 5.67. The first-order valence-corrected chi connectivity index (χ1v) is 7.31. The third-order valence-corrected chi connectivity index (χ3v) is 3.43. The van der Waals surface area contributed by atoms with Gasteiger partial charge in [-0.1, -0.05) is 30.3 Å². The molecule has 1 amide bonds. The van der Waals surface area contributed by atoms with Crippen LogP contribution in [0.1, 0.15) is 5.56 Å². The standard InChI is InChI=1S/C14H18N4OS/c15-6-8-18(10-12-4-2-1-3-5-12)11-13(19)17-14-16-7-9-20-14/h1-5,7,9H,6,8,10-11,15H2,(H,16,17,19). The molecule has 3 N–H and O–H groups in total. The molecular weight excluding hydrogens is 272 g/mol. The lowest BCUT2D eigenvalue weighted by Gasteiger charge is -2.20. The summed E-state index contributed by atoms with van der Waals surface area (Å²) in [6, 6.07) is 10.0. The number of benzene rings is 1. The van der Waals surface area contributed by atoms with Gasteiger partial charge in [-0.05, 0) is 5.56 Å². The fourth-order valence-electron chi connectivity index (χ4n) is 1.89. The van der Waals surface area contributed by atoms with Crippen molar-refractivity contribution in [1.29, 1.82) is 0 Å². The SMILES string of the molecule is NCCN(CC(=O)Nc1nccs1)Cc1ccccc1. The molecule has 6 heteroatoms. The van der Waals surface area contributed by atoms with Crippen molar-refractivity contribution in [3.63, 3.8) is 0 Å². The van der Waals surface area contributed by atoms with Crippen molar-refractivity contribution in [2.24, 2.45) is 5.73 Å².